The van der Waals surface area contributed by atoms with Gasteiger partial charge in [-0.3, -0.25) is 9.59 Å². The highest BCUT2D eigenvalue weighted by atomic mass is 16.5. The van der Waals surface area contributed by atoms with Gasteiger partial charge in [0.15, 0.2) is 5.78 Å². The summed E-state index contributed by atoms with van der Waals surface area (Å²) in [6, 6.07) is 8.91. The Hall–Kier alpha value is -3.07. The van der Waals surface area contributed by atoms with Gasteiger partial charge < -0.3 is 15.8 Å². The number of rotatable bonds is 0. The van der Waals surface area contributed by atoms with Crippen LogP contribution in [0.15, 0.2) is 47.0 Å². The number of ether oxygens (including phenoxy) is 1. The molecule has 0 saturated heterocycles. The fourth-order valence-corrected chi connectivity index (χ4v) is 4.20. The average Bonchev–Trinajstić information content (AvgIpc) is 2.79. The third-order valence-electron chi connectivity index (χ3n) is 5.10. The van der Waals surface area contributed by atoms with Crippen molar-refractivity contribution >= 4 is 11.7 Å². The molecule has 0 radical (unpaired) electrons. The molecular formula is C19H17N3O3. The van der Waals surface area contributed by atoms with E-state index in [1.54, 1.807) is 24.3 Å². The van der Waals surface area contributed by atoms with Crippen molar-refractivity contribution in [2.45, 2.75) is 32.1 Å². The predicted octanol–water partition coefficient (Wildman–Crippen LogP) is 1.78. The summed E-state index contributed by atoms with van der Waals surface area (Å²) < 4.78 is 5.55. The molecule has 2 heterocycles. The van der Waals surface area contributed by atoms with Crippen LogP contribution in [0.2, 0.25) is 0 Å². The highest BCUT2D eigenvalue weighted by Crippen LogP contribution is 2.54. The lowest BCUT2D eigenvalue weighted by molar-refractivity contribution is -0.124. The van der Waals surface area contributed by atoms with Gasteiger partial charge >= 0.3 is 0 Å². The zero-order chi connectivity index (χ0) is 18.0. The minimum absolute atomic E-state index is 0.0262. The van der Waals surface area contributed by atoms with E-state index < -0.39 is 11.3 Å². The molecule has 1 aromatic carbocycles. The molecule has 2 aliphatic heterocycles. The number of carbonyl (C=O) groups is 2. The molecular weight excluding hydrogens is 318 g/mol. The van der Waals surface area contributed by atoms with Crippen LogP contribution in [0.3, 0.4) is 0 Å². The average molecular weight is 335 g/mol. The molecule has 0 saturated carbocycles. The number of nitrogens with two attached hydrogens (primary N) is 1. The number of nitrogens with zero attached hydrogens (tertiary/aromatic N) is 1. The summed E-state index contributed by atoms with van der Waals surface area (Å²) in [5, 5.41) is 12.6. The molecule has 126 valence electrons. The molecule has 6 nitrogen and oxygen atoms in total. The van der Waals surface area contributed by atoms with E-state index in [0.29, 0.717) is 35.4 Å². The maximum atomic E-state index is 13.2. The van der Waals surface area contributed by atoms with Crippen LogP contribution < -0.4 is 15.8 Å². The van der Waals surface area contributed by atoms with Crippen LogP contribution in [0.25, 0.3) is 0 Å². The van der Waals surface area contributed by atoms with Gasteiger partial charge in [0.2, 0.25) is 11.8 Å². The summed E-state index contributed by atoms with van der Waals surface area (Å²) in [5.41, 5.74) is 5.58. The van der Waals surface area contributed by atoms with Crippen molar-refractivity contribution in [1.82, 2.24) is 5.32 Å². The van der Waals surface area contributed by atoms with Gasteiger partial charge in [-0.1, -0.05) is 32.0 Å². The Morgan fingerprint density at radius 3 is 2.68 bits per heavy atom. The van der Waals surface area contributed by atoms with Crippen LogP contribution in [0, 0.1) is 16.7 Å². The van der Waals surface area contributed by atoms with Crippen LogP contribution in [0.5, 0.6) is 5.75 Å². The van der Waals surface area contributed by atoms with Gasteiger partial charge in [0.05, 0.1) is 0 Å². The molecule has 0 bridgehead atoms. The molecule has 1 atom stereocenters. The number of hydrogen-bond acceptors (Lipinski definition) is 5. The highest BCUT2D eigenvalue weighted by Gasteiger charge is 2.61. The van der Waals surface area contributed by atoms with E-state index in [9.17, 15) is 14.9 Å². The van der Waals surface area contributed by atoms with E-state index >= 15 is 0 Å². The molecule has 0 unspecified atom stereocenters. The summed E-state index contributed by atoms with van der Waals surface area (Å²) in [6.07, 6.45) is 0.868. The standard InChI is InChI=1S/C19H17N3O3/c1-18(2)7-12-15(13(23)8-18)19(17(24)22-12)10-5-3-4-6-14(10)25-16(21)11(19)9-20/h3-6H,7-8,21H2,1-2H3,(H,22,24)/t19-/m1/s1. The summed E-state index contributed by atoms with van der Waals surface area (Å²) in [4.78, 5) is 26.2. The van der Waals surface area contributed by atoms with Crippen molar-refractivity contribution in [3.05, 3.63) is 52.6 Å². The molecule has 25 heavy (non-hydrogen) atoms. The Labute approximate surface area is 144 Å². The number of hydrogen-bond donors (Lipinski definition) is 2. The van der Waals surface area contributed by atoms with Gasteiger partial charge in [-0.05, 0) is 17.9 Å². The second kappa shape index (κ2) is 4.73. The maximum Gasteiger partial charge on any atom is 0.245 e. The third-order valence-corrected chi connectivity index (χ3v) is 5.10. The van der Waals surface area contributed by atoms with Gasteiger partial charge in [0.1, 0.15) is 22.8 Å². The molecule has 1 spiro atoms. The van der Waals surface area contributed by atoms with Gasteiger partial charge in [-0.2, -0.15) is 5.26 Å². The van der Waals surface area contributed by atoms with Gasteiger partial charge in [-0.15, -0.1) is 0 Å². The smallest absolute Gasteiger partial charge is 0.245 e. The van der Waals surface area contributed by atoms with E-state index in [2.05, 4.69) is 5.32 Å². The third kappa shape index (κ3) is 1.84. The highest BCUT2D eigenvalue weighted by molar-refractivity contribution is 6.15. The number of nitrogens with one attached hydrogen (secondary N) is 1. The van der Waals surface area contributed by atoms with Gasteiger partial charge in [0, 0.05) is 23.3 Å². The number of ketones is 1. The molecule has 1 aromatic rings. The molecule has 4 rings (SSSR count). The SMILES string of the molecule is CC1(C)CC(=O)C2=C(C1)NC(=O)[C@]21C(C#N)=C(N)Oc2ccccc21. The first-order chi connectivity index (χ1) is 11.8. The number of fused-ring (bicyclic) bond motifs is 3. The molecule has 1 aliphatic carbocycles. The number of allylic oxidation sites excluding steroid dienone is 1. The minimum Gasteiger partial charge on any atom is -0.440 e. The largest absolute Gasteiger partial charge is 0.440 e. The summed E-state index contributed by atoms with van der Waals surface area (Å²) in [7, 11) is 0. The molecule has 0 aromatic heterocycles. The minimum atomic E-state index is -1.52. The Morgan fingerprint density at radius 2 is 1.96 bits per heavy atom. The fourth-order valence-electron chi connectivity index (χ4n) is 4.20. The molecule has 0 fully saturated rings. The second-order valence-electron chi connectivity index (χ2n) is 7.45. The van der Waals surface area contributed by atoms with E-state index in [-0.39, 0.29) is 22.7 Å². The zero-order valence-corrected chi connectivity index (χ0v) is 14.0. The van der Waals surface area contributed by atoms with Crippen molar-refractivity contribution in [3.63, 3.8) is 0 Å². The van der Waals surface area contributed by atoms with Crippen molar-refractivity contribution in [2.75, 3.05) is 0 Å². The Kier molecular flexibility index (Phi) is 2.92. The Balaban J connectivity index is 2.09. The van der Waals surface area contributed by atoms with E-state index in [1.807, 2.05) is 19.9 Å². The lowest BCUT2D eigenvalue weighted by Gasteiger charge is -2.37. The Morgan fingerprint density at radius 1 is 1.24 bits per heavy atom. The summed E-state index contributed by atoms with van der Waals surface area (Å²) in [6.45, 7) is 3.97. The van der Waals surface area contributed by atoms with Crippen LogP contribution in [0.4, 0.5) is 0 Å². The first kappa shape index (κ1) is 15.5. The monoisotopic (exact) mass is 335 g/mol. The first-order valence-corrected chi connectivity index (χ1v) is 8.07. The summed E-state index contributed by atoms with van der Waals surface area (Å²) in [5.74, 6) is -0.302. The zero-order valence-electron chi connectivity index (χ0n) is 14.0. The van der Waals surface area contributed by atoms with Crippen molar-refractivity contribution in [2.24, 2.45) is 11.1 Å². The maximum absolute atomic E-state index is 13.2. The summed E-state index contributed by atoms with van der Waals surface area (Å²) >= 11 is 0. The number of amides is 1. The number of carbonyl (C=O) groups excluding carboxylic acids is 2. The molecule has 1 amide bonds. The lowest BCUT2D eigenvalue weighted by atomic mass is 9.63. The molecule has 3 aliphatic rings. The topological polar surface area (TPSA) is 105 Å². The molecule has 6 heteroatoms. The van der Waals surface area contributed by atoms with Crippen molar-refractivity contribution in [1.29, 1.82) is 5.26 Å². The number of nitriles is 1. The molecule has 3 N–H and O–H groups in total. The first-order valence-electron chi connectivity index (χ1n) is 8.07. The fraction of sp³-hybridized carbons (Fsp3) is 0.316. The van der Waals surface area contributed by atoms with E-state index in [4.69, 9.17) is 10.5 Å². The van der Waals surface area contributed by atoms with Crippen molar-refractivity contribution < 1.29 is 14.3 Å². The van der Waals surface area contributed by atoms with Gasteiger partial charge in [0.25, 0.3) is 0 Å². The van der Waals surface area contributed by atoms with E-state index in [1.165, 1.54) is 0 Å². The predicted molar refractivity (Wildman–Crippen MR) is 88.8 cm³/mol. The normalized spacial score (nSPS) is 26.8. The van der Waals surface area contributed by atoms with E-state index in [0.717, 1.165) is 0 Å². The second-order valence-corrected chi connectivity index (χ2v) is 7.45. The number of benzene rings is 1. The Bertz CT molecular complexity index is 949. The van der Waals surface area contributed by atoms with Crippen molar-refractivity contribution in [3.8, 4) is 11.8 Å². The lowest BCUT2D eigenvalue weighted by Crippen LogP contribution is -2.46. The number of para-hydroxylation sites is 1. The van der Waals surface area contributed by atoms with Crippen LogP contribution in [0.1, 0.15) is 32.3 Å². The van der Waals surface area contributed by atoms with Gasteiger partial charge in [-0.25, -0.2) is 0 Å². The van der Waals surface area contributed by atoms with Crippen LogP contribution in [-0.4, -0.2) is 11.7 Å². The van der Waals surface area contributed by atoms with Crippen LogP contribution >= 0.6 is 0 Å². The number of Topliss-reactive ketones (excluding diaryl/α,β-unsaturated/α-hetero) is 1. The quantitative estimate of drug-likeness (QED) is 0.752. The van der Waals surface area contributed by atoms with Crippen LogP contribution in [-0.2, 0) is 15.0 Å².